The molecule has 1 atom stereocenters. The van der Waals surface area contributed by atoms with E-state index in [-0.39, 0.29) is 17.7 Å². The minimum absolute atomic E-state index is 0.0302. The molecule has 0 radical (unpaired) electrons. The fourth-order valence-electron chi connectivity index (χ4n) is 4.14. The maximum absolute atomic E-state index is 13.4. The van der Waals surface area contributed by atoms with Crippen LogP contribution in [0.15, 0.2) is 42.7 Å². The van der Waals surface area contributed by atoms with E-state index in [0.717, 1.165) is 16.8 Å². The largest absolute Gasteiger partial charge is 0.573 e. The number of nitrogens with zero attached hydrogens (tertiary/aromatic N) is 2. The van der Waals surface area contributed by atoms with Crippen molar-refractivity contribution in [1.82, 2.24) is 14.5 Å². The fraction of sp³-hybridized carbons (Fsp3) is 0.409. The molecule has 0 saturated heterocycles. The van der Waals surface area contributed by atoms with Gasteiger partial charge in [0, 0.05) is 54.1 Å². The number of ether oxygens (including phenoxy) is 1. The lowest BCUT2D eigenvalue weighted by Crippen LogP contribution is -2.40. The van der Waals surface area contributed by atoms with Crippen molar-refractivity contribution in [3.63, 3.8) is 0 Å². The number of hydrogen-bond donors (Lipinski definition) is 1. The van der Waals surface area contributed by atoms with Crippen LogP contribution in [0.4, 0.5) is 13.2 Å². The minimum atomic E-state index is -4.74. The summed E-state index contributed by atoms with van der Waals surface area (Å²) in [6.07, 6.45) is 0.395. The van der Waals surface area contributed by atoms with Crippen molar-refractivity contribution in [1.29, 1.82) is 0 Å². The summed E-state index contributed by atoms with van der Waals surface area (Å²) in [6.45, 7) is 5.10. The number of halogens is 3. The molecule has 2 aromatic heterocycles. The molecule has 0 aliphatic carbocycles. The number of fused-ring (bicyclic) bond motifs is 3. The van der Waals surface area contributed by atoms with Crippen LogP contribution in [0.3, 0.4) is 0 Å². The Balaban J connectivity index is 1.62. The summed E-state index contributed by atoms with van der Waals surface area (Å²) in [4.78, 5) is 18.5. The van der Waals surface area contributed by atoms with E-state index in [1.165, 1.54) is 12.1 Å². The predicted molar refractivity (Wildman–Crippen MR) is 107 cm³/mol. The van der Waals surface area contributed by atoms with Gasteiger partial charge in [-0.25, -0.2) is 0 Å². The number of amides is 1. The molecule has 1 amide bonds. The maximum Gasteiger partial charge on any atom is 0.573 e. The molecule has 1 aromatic carbocycles. The van der Waals surface area contributed by atoms with E-state index in [0.29, 0.717) is 37.2 Å². The summed E-state index contributed by atoms with van der Waals surface area (Å²) in [5.74, 6) is 0.115. The zero-order valence-electron chi connectivity index (χ0n) is 16.9. The zero-order valence-corrected chi connectivity index (χ0v) is 16.9. The first-order valence-corrected chi connectivity index (χ1v) is 10.0. The number of benzene rings is 1. The molecule has 1 aliphatic heterocycles. The Bertz CT molecular complexity index is 1040. The summed E-state index contributed by atoms with van der Waals surface area (Å²) in [5.41, 5.74) is 2.56. The van der Waals surface area contributed by atoms with E-state index in [1.54, 1.807) is 11.0 Å². The molecule has 0 bridgehead atoms. The molecule has 0 spiro atoms. The second-order valence-corrected chi connectivity index (χ2v) is 8.12. The number of nitrogens with one attached hydrogen (secondary N) is 1. The Morgan fingerprint density at radius 2 is 1.97 bits per heavy atom. The number of carbonyl (C=O) groups is 1. The number of rotatable bonds is 5. The Morgan fingerprint density at radius 3 is 2.63 bits per heavy atom. The summed E-state index contributed by atoms with van der Waals surface area (Å²) in [6, 6.07) is 7.78. The lowest BCUT2D eigenvalue weighted by Gasteiger charge is -2.32. The van der Waals surface area contributed by atoms with Gasteiger partial charge in [-0.2, -0.15) is 0 Å². The fourth-order valence-corrected chi connectivity index (χ4v) is 4.14. The van der Waals surface area contributed by atoms with Gasteiger partial charge in [0.05, 0.1) is 0 Å². The first kappa shape index (κ1) is 20.4. The highest BCUT2D eigenvalue weighted by Gasteiger charge is 2.32. The predicted octanol–water partition coefficient (Wildman–Crippen LogP) is 5.04. The Kier molecular flexibility index (Phi) is 5.26. The maximum atomic E-state index is 13.4. The number of carbonyl (C=O) groups excluding carboxylic acids is 1. The van der Waals surface area contributed by atoms with Gasteiger partial charge in [0.25, 0.3) is 0 Å². The summed E-state index contributed by atoms with van der Waals surface area (Å²) in [7, 11) is 0. The Labute approximate surface area is 172 Å². The van der Waals surface area contributed by atoms with Gasteiger partial charge >= 0.3 is 6.36 Å². The average molecular weight is 419 g/mol. The van der Waals surface area contributed by atoms with Gasteiger partial charge < -0.3 is 19.2 Å². The van der Waals surface area contributed by atoms with E-state index in [9.17, 15) is 18.0 Å². The normalized spacial score (nSPS) is 15.5. The summed E-state index contributed by atoms with van der Waals surface area (Å²) in [5, 5.41) is 0.658. The van der Waals surface area contributed by atoms with Crippen molar-refractivity contribution in [3.05, 3.63) is 54.0 Å². The molecular formula is C22H24F3N3O2. The molecule has 8 heteroatoms. The van der Waals surface area contributed by atoms with Crippen LogP contribution in [-0.2, 0) is 17.8 Å². The molecule has 0 saturated carbocycles. The van der Waals surface area contributed by atoms with Crippen molar-refractivity contribution in [2.24, 2.45) is 5.92 Å². The van der Waals surface area contributed by atoms with Gasteiger partial charge in [0.15, 0.2) is 0 Å². The van der Waals surface area contributed by atoms with E-state index < -0.39 is 6.36 Å². The van der Waals surface area contributed by atoms with Gasteiger partial charge in [-0.15, -0.1) is 13.2 Å². The molecule has 5 nitrogen and oxygen atoms in total. The van der Waals surface area contributed by atoms with E-state index in [4.69, 9.17) is 0 Å². The second kappa shape index (κ2) is 7.74. The van der Waals surface area contributed by atoms with Crippen LogP contribution < -0.4 is 4.74 Å². The number of aromatic nitrogens is 2. The quantitative estimate of drug-likeness (QED) is 0.630. The molecule has 4 rings (SSSR count). The van der Waals surface area contributed by atoms with Crippen molar-refractivity contribution in [2.45, 2.75) is 45.6 Å². The van der Waals surface area contributed by atoms with Crippen molar-refractivity contribution in [3.8, 4) is 5.75 Å². The molecule has 0 fully saturated rings. The van der Waals surface area contributed by atoms with Gasteiger partial charge in [-0.1, -0.05) is 13.8 Å². The van der Waals surface area contributed by atoms with Crippen molar-refractivity contribution < 1.29 is 22.7 Å². The summed E-state index contributed by atoms with van der Waals surface area (Å²) < 4.78 is 43.9. The van der Waals surface area contributed by atoms with E-state index in [1.807, 2.05) is 29.1 Å². The highest BCUT2D eigenvalue weighted by Crippen LogP contribution is 2.33. The third-order valence-corrected chi connectivity index (χ3v) is 5.46. The number of hydrogen-bond acceptors (Lipinski definition) is 2. The van der Waals surface area contributed by atoms with Gasteiger partial charge in [0.1, 0.15) is 11.8 Å². The minimum Gasteiger partial charge on any atom is -0.406 e. The number of H-pyrrole nitrogens is 1. The van der Waals surface area contributed by atoms with E-state index in [2.05, 4.69) is 23.6 Å². The van der Waals surface area contributed by atoms with Crippen LogP contribution in [0.2, 0.25) is 0 Å². The average Bonchev–Trinajstić information content (AvgIpc) is 3.31. The zero-order chi connectivity index (χ0) is 21.5. The number of aromatic amines is 1. The molecule has 30 heavy (non-hydrogen) atoms. The highest BCUT2D eigenvalue weighted by atomic mass is 19.4. The topological polar surface area (TPSA) is 50.3 Å². The van der Waals surface area contributed by atoms with Crippen LogP contribution in [-0.4, -0.2) is 33.3 Å². The lowest BCUT2D eigenvalue weighted by molar-refractivity contribution is -0.274. The molecule has 1 unspecified atom stereocenters. The molecule has 3 aromatic rings. The van der Waals surface area contributed by atoms with Crippen LogP contribution in [0.5, 0.6) is 5.75 Å². The molecule has 3 heterocycles. The first-order chi connectivity index (χ1) is 14.2. The second-order valence-electron chi connectivity index (χ2n) is 8.12. The molecule has 1 N–H and O–H groups in total. The smallest absolute Gasteiger partial charge is 0.406 e. The van der Waals surface area contributed by atoms with Crippen molar-refractivity contribution >= 4 is 16.8 Å². The molecule has 160 valence electrons. The standard InChI is InChI=1S/C22H24F3N3O2/c1-14(2)11-20(27-8-3-4-9-27)21(29)28-10-7-19-17(13-28)16-12-15(30-22(23,24)25)5-6-18(16)26-19/h3-6,8-9,12,14,20,26H,7,10-11,13H2,1-2H3. The van der Waals surface area contributed by atoms with Crippen LogP contribution in [0.1, 0.15) is 37.6 Å². The van der Waals surface area contributed by atoms with Crippen LogP contribution >= 0.6 is 0 Å². The van der Waals surface area contributed by atoms with Crippen molar-refractivity contribution in [2.75, 3.05) is 6.54 Å². The van der Waals surface area contributed by atoms with Gasteiger partial charge in [0.2, 0.25) is 5.91 Å². The Morgan fingerprint density at radius 1 is 1.23 bits per heavy atom. The SMILES string of the molecule is CC(C)CC(C(=O)N1CCc2[nH]c3ccc(OC(F)(F)F)cc3c2C1)n1cccc1. The highest BCUT2D eigenvalue weighted by molar-refractivity contribution is 5.88. The number of alkyl halides is 3. The van der Waals surface area contributed by atoms with Crippen LogP contribution in [0.25, 0.3) is 10.9 Å². The lowest BCUT2D eigenvalue weighted by atomic mass is 9.99. The van der Waals surface area contributed by atoms with Gasteiger partial charge in [-0.05, 0) is 42.7 Å². The van der Waals surface area contributed by atoms with Gasteiger partial charge in [-0.3, -0.25) is 4.79 Å². The first-order valence-electron chi connectivity index (χ1n) is 10.0. The van der Waals surface area contributed by atoms with E-state index >= 15 is 0 Å². The third-order valence-electron chi connectivity index (χ3n) is 5.46. The van der Waals surface area contributed by atoms with Crippen LogP contribution in [0, 0.1) is 5.92 Å². The summed E-state index contributed by atoms with van der Waals surface area (Å²) >= 11 is 0. The molecular weight excluding hydrogens is 395 g/mol. The third kappa shape index (κ3) is 4.17. The molecule has 1 aliphatic rings. The monoisotopic (exact) mass is 419 g/mol. The Hall–Kier alpha value is -2.90.